The van der Waals surface area contributed by atoms with Crippen LogP contribution in [0.2, 0.25) is 0 Å². The SMILES string of the molecule is c1ccc(-c2c(-n3c4ccc(-n5c6ccccc6c6ccccc65)cc4c4cc(-n5c6ccccc6c6ccccc65)ccc43)nc(-n3c4ccc(-n5c6ccccc6c6ccccc65)cc4c4cc(-n5c6ccccc6c6ccccc65)ccc43)c(-c3ccccc3)c2-c2ccc(-c3cccnc3)cc2)cc1. The van der Waals surface area contributed by atoms with E-state index in [0.29, 0.717) is 0 Å². The van der Waals surface area contributed by atoms with Gasteiger partial charge in [-0.05, 0) is 155 Å². The summed E-state index contributed by atoms with van der Waals surface area (Å²) in [5.41, 5.74) is 25.8. The Kier molecular flexibility index (Phi) is 13.0. The summed E-state index contributed by atoms with van der Waals surface area (Å²) in [5.74, 6) is 1.57. The zero-order valence-electron chi connectivity index (χ0n) is 58.4. The summed E-state index contributed by atoms with van der Waals surface area (Å²) in [7, 11) is 0. The molecule has 0 radical (unpaired) electrons. The lowest BCUT2D eigenvalue weighted by molar-refractivity contribution is 1.02. The molecule has 0 fully saturated rings. The zero-order chi connectivity index (χ0) is 70.7. The lowest BCUT2D eigenvalue weighted by atomic mass is 9.87. The summed E-state index contributed by atoms with van der Waals surface area (Å²) in [6.07, 6.45) is 3.79. The minimum absolute atomic E-state index is 0.787. The molecule has 502 valence electrons. The molecule has 0 aliphatic rings. The molecular weight excluding hydrogens is 1310 g/mol. The van der Waals surface area contributed by atoms with E-state index in [4.69, 9.17) is 4.98 Å². The van der Waals surface area contributed by atoms with Gasteiger partial charge in [0.15, 0.2) is 0 Å². The maximum Gasteiger partial charge on any atom is 0.148 e. The Morgan fingerprint density at radius 3 is 0.685 bits per heavy atom. The second-order valence-corrected chi connectivity index (χ2v) is 28.4. The third-order valence-electron chi connectivity index (χ3n) is 22.7. The molecule has 0 atom stereocenters. The van der Waals surface area contributed by atoms with Crippen LogP contribution in [-0.4, -0.2) is 37.4 Å². The van der Waals surface area contributed by atoms with Gasteiger partial charge in [-0.15, -0.1) is 0 Å². The molecule has 0 saturated carbocycles. The van der Waals surface area contributed by atoms with Crippen LogP contribution < -0.4 is 0 Å². The number of fused-ring (bicyclic) bond motifs is 18. The molecule has 108 heavy (non-hydrogen) atoms. The molecule has 0 unspecified atom stereocenters. The first-order valence-electron chi connectivity index (χ1n) is 36.9. The van der Waals surface area contributed by atoms with Gasteiger partial charge in [0.05, 0.1) is 66.2 Å². The number of nitrogens with zero attached hydrogens (tertiary/aromatic N) is 8. The average molecular weight is 1380 g/mol. The molecule has 0 N–H and O–H groups in total. The van der Waals surface area contributed by atoms with Crippen LogP contribution in [0.5, 0.6) is 0 Å². The van der Waals surface area contributed by atoms with E-state index in [1.165, 1.54) is 43.1 Å². The first-order chi connectivity index (χ1) is 53.6. The number of para-hydroxylation sites is 8. The van der Waals surface area contributed by atoms with Crippen molar-refractivity contribution in [3.05, 3.63) is 376 Å². The van der Waals surface area contributed by atoms with E-state index < -0.39 is 0 Å². The molecule has 8 aromatic heterocycles. The quantitative estimate of drug-likeness (QED) is 0.137. The van der Waals surface area contributed by atoms with Crippen LogP contribution in [0.4, 0.5) is 0 Å². The molecule has 23 rings (SSSR count). The fourth-order valence-corrected chi connectivity index (χ4v) is 18.1. The fourth-order valence-electron chi connectivity index (χ4n) is 18.1. The van der Waals surface area contributed by atoms with Gasteiger partial charge < -0.3 is 18.3 Å². The Labute approximate surface area is 619 Å². The van der Waals surface area contributed by atoms with Crippen LogP contribution in [0, 0.1) is 0 Å². The molecule has 0 aliphatic heterocycles. The van der Waals surface area contributed by atoms with Crippen molar-refractivity contribution >= 4 is 131 Å². The lowest BCUT2D eigenvalue weighted by Gasteiger charge is -2.25. The normalized spacial score (nSPS) is 12.1. The van der Waals surface area contributed by atoms with Gasteiger partial charge in [-0.2, -0.15) is 0 Å². The molecule has 0 spiro atoms. The smallest absolute Gasteiger partial charge is 0.148 e. The standard InChI is InChI=1S/C100H62N8/c1-3-24-64(25-4-1)97-96(66-47-45-63(46-48-66)67-28-23-57-101-62-67)98(65-26-5-2-6-27-65)100(108-94-55-51-70(105-88-41-19-11-33-76(88)77-34-12-20-42-89(77)105)60-82(94)83-61-71(52-56-95(83)108)106-90-43-21-13-35-78(90)79-36-14-22-44-91(79)106)102-99(97)107-92-53-49-68(103-84-37-15-7-29-72(84)73-30-8-16-38-85(73)103)58-80(92)81-59-69(50-54-93(81)107)104-86-39-17-9-31-74(86)75-32-10-18-40-87(75)104/h1-62H. The Hall–Kier alpha value is -14.6. The minimum Gasteiger partial charge on any atom is -0.309 e. The predicted octanol–water partition coefficient (Wildman–Crippen LogP) is 25.7. The Morgan fingerprint density at radius 2 is 0.407 bits per heavy atom. The van der Waals surface area contributed by atoms with E-state index >= 15 is 0 Å². The van der Waals surface area contributed by atoms with Crippen molar-refractivity contribution in [1.82, 2.24) is 37.4 Å². The fraction of sp³-hybridized carbons (Fsp3) is 0. The summed E-state index contributed by atoms with van der Waals surface area (Å²) in [6.45, 7) is 0. The number of benzene rings is 15. The van der Waals surface area contributed by atoms with Gasteiger partial charge in [-0.25, -0.2) is 4.98 Å². The van der Waals surface area contributed by atoms with Crippen molar-refractivity contribution < 1.29 is 0 Å². The molecule has 0 aliphatic carbocycles. The van der Waals surface area contributed by atoms with Crippen molar-refractivity contribution in [1.29, 1.82) is 0 Å². The van der Waals surface area contributed by atoms with Gasteiger partial charge in [0.2, 0.25) is 0 Å². The average Bonchev–Trinajstić information content (AvgIpc) is 1.48. The van der Waals surface area contributed by atoms with Crippen molar-refractivity contribution in [3.8, 4) is 78.9 Å². The van der Waals surface area contributed by atoms with Gasteiger partial charge in [0, 0.05) is 116 Å². The number of hydrogen-bond acceptors (Lipinski definition) is 2. The first-order valence-corrected chi connectivity index (χ1v) is 36.9. The molecule has 0 saturated heterocycles. The van der Waals surface area contributed by atoms with Crippen molar-refractivity contribution in [3.63, 3.8) is 0 Å². The first kappa shape index (κ1) is 59.9. The summed E-state index contributed by atoms with van der Waals surface area (Å²) < 4.78 is 14.7. The molecule has 0 amide bonds. The van der Waals surface area contributed by atoms with Crippen LogP contribution in [0.1, 0.15) is 0 Å². The van der Waals surface area contributed by atoms with Crippen LogP contribution in [-0.2, 0) is 0 Å². The Bertz CT molecular complexity index is 6690. The maximum absolute atomic E-state index is 6.58. The highest BCUT2D eigenvalue weighted by molar-refractivity contribution is 6.18. The van der Waals surface area contributed by atoms with Crippen molar-refractivity contribution in [2.75, 3.05) is 0 Å². The van der Waals surface area contributed by atoms with E-state index in [2.05, 4.69) is 390 Å². The summed E-state index contributed by atoms with van der Waals surface area (Å²) in [4.78, 5) is 11.2. The van der Waals surface area contributed by atoms with Crippen LogP contribution >= 0.6 is 0 Å². The third-order valence-corrected chi connectivity index (χ3v) is 22.7. The molecular formula is C100H62N8. The molecule has 0 bridgehead atoms. The van der Waals surface area contributed by atoms with Gasteiger partial charge in [-0.1, -0.05) is 237 Å². The van der Waals surface area contributed by atoms with Gasteiger partial charge in [-0.3, -0.25) is 14.1 Å². The summed E-state index contributed by atoms with van der Waals surface area (Å²) in [5, 5.41) is 14.1. The molecule has 8 heteroatoms. The van der Waals surface area contributed by atoms with Crippen LogP contribution in [0.25, 0.3) is 210 Å². The molecule has 23 aromatic rings. The Balaban J connectivity index is 0.883. The Morgan fingerprint density at radius 1 is 0.167 bits per heavy atom. The second-order valence-electron chi connectivity index (χ2n) is 28.4. The number of rotatable bonds is 10. The van der Waals surface area contributed by atoms with Crippen LogP contribution in [0.15, 0.2) is 376 Å². The van der Waals surface area contributed by atoms with E-state index in [1.807, 2.05) is 18.5 Å². The van der Waals surface area contributed by atoms with Crippen LogP contribution in [0.3, 0.4) is 0 Å². The minimum atomic E-state index is 0.787. The van der Waals surface area contributed by atoms with Crippen molar-refractivity contribution in [2.45, 2.75) is 0 Å². The molecule has 8 heterocycles. The van der Waals surface area contributed by atoms with Crippen molar-refractivity contribution in [2.24, 2.45) is 0 Å². The van der Waals surface area contributed by atoms with E-state index in [1.54, 1.807) is 0 Å². The van der Waals surface area contributed by atoms with Gasteiger partial charge >= 0.3 is 0 Å². The number of hydrogen-bond donors (Lipinski definition) is 0. The highest BCUT2D eigenvalue weighted by Crippen LogP contribution is 2.51. The van der Waals surface area contributed by atoms with Gasteiger partial charge in [0.25, 0.3) is 0 Å². The van der Waals surface area contributed by atoms with E-state index in [-0.39, 0.29) is 0 Å². The maximum atomic E-state index is 6.58. The predicted molar refractivity (Wildman–Crippen MR) is 450 cm³/mol. The lowest BCUT2D eigenvalue weighted by Crippen LogP contribution is -2.10. The largest absolute Gasteiger partial charge is 0.309 e. The second kappa shape index (κ2) is 23.5. The topological polar surface area (TPSA) is 55.4 Å². The summed E-state index contributed by atoms with van der Waals surface area (Å²) in [6, 6.07) is 134. The third kappa shape index (κ3) is 8.80. The monoisotopic (exact) mass is 1370 g/mol. The highest BCUT2D eigenvalue weighted by atomic mass is 15.2. The summed E-state index contributed by atoms with van der Waals surface area (Å²) >= 11 is 0. The highest BCUT2D eigenvalue weighted by Gasteiger charge is 2.31. The number of pyridine rings is 2. The molecule has 8 nitrogen and oxygen atoms in total. The molecule has 15 aromatic carbocycles. The van der Waals surface area contributed by atoms with Gasteiger partial charge in [0.1, 0.15) is 11.6 Å². The zero-order valence-corrected chi connectivity index (χ0v) is 58.4. The number of aromatic nitrogens is 8. The van der Waals surface area contributed by atoms with E-state index in [9.17, 15) is 0 Å². The van der Waals surface area contributed by atoms with E-state index in [0.717, 1.165) is 167 Å².